The Kier molecular flexibility index (Phi) is 4.60. The van der Waals surface area contributed by atoms with Crippen molar-refractivity contribution in [3.05, 3.63) is 88.2 Å². The Balaban J connectivity index is 1.77. The van der Waals surface area contributed by atoms with E-state index in [1.807, 2.05) is 6.20 Å². The van der Waals surface area contributed by atoms with Crippen LogP contribution >= 0.6 is 15.9 Å². The van der Waals surface area contributed by atoms with Crippen molar-refractivity contribution >= 4 is 15.9 Å². The van der Waals surface area contributed by atoms with E-state index >= 15 is 0 Å². The number of fused-ring (bicyclic) bond motifs is 3. The molecular formula is C24H23BrN2O2. The molecule has 4 nitrogen and oxygen atoms in total. The molecule has 0 amide bonds. The van der Waals surface area contributed by atoms with Crippen LogP contribution in [0.25, 0.3) is 0 Å². The van der Waals surface area contributed by atoms with Gasteiger partial charge in [-0.15, -0.1) is 0 Å². The molecule has 0 radical (unpaired) electrons. The quantitative estimate of drug-likeness (QED) is 0.608. The SMILES string of the molecule is COc1cncc2c1C1C(CN)CC(c3ccccc3)C1(c1ccc(Br)cc1)O2. The van der Waals surface area contributed by atoms with E-state index in [4.69, 9.17) is 15.2 Å². The predicted octanol–water partition coefficient (Wildman–Crippen LogP) is 4.99. The van der Waals surface area contributed by atoms with Crippen LogP contribution in [0.5, 0.6) is 11.5 Å². The molecule has 0 spiro atoms. The first-order chi connectivity index (χ1) is 14.2. The van der Waals surface area contributed by atoms with Crippen LogP contribution in [0.3, 0.4) is 0 Å². The second kappa shape index (κ2) is 7.15. The molecule has 0 bridgehead atoms. The van der Waals surface area contributed by atoms with Gasteiger partial charge in [0, 0.05) is 21.9 Å². The highest BCUT2D eigenvalue weighted by atomic mass is 79.9. The Morgan fingerprint density at radius 1 is 1.14 bits per heavy atom. The zero-order valence-corrected chi connectivity index (χ0v) is 17.8. The van der Waals surface area contributed by atoms with Gasteiger partial charge in [0.15, 0.2) is 0 Å². The summed E-state index contributed by atoms with van der Waals surface area (Å²) in [5.74, 6) is 2.14. The fraction of sp³-hybridized carbons (Fsp3) is 0.292. The van der Waals surface area contributed by atoms with Crippen molar-refractivity contribution in [2.75, 3.05) is 13.7 Å². The molecule has 1 aliphatic heterocycles. The fourth-order valence-electron chi connectivity index (χ4n) is 5.38. The number of hydrogen-bond donors (Lipinski definition) is 1. The number of methoxy groups -OCH3 is 1. The molecule has 1 fully saturated rings. The molecule has 4 unspecified atom stereocenters. The Bertz CT molecular complexity index is 1020. The van der Waals surface area contributed by atoms with Crippen molar-refractivity contribution in [3.8, 4) is 11.5 Å². The predicted molar refractivity (Wildman–Crippen MR) is 116 cm³/mol. The van der Waals surface area contributed by atoms with Gasteiger partial charge in [-0.3, -0.25) is 4.98 Å². The number of pyridine rings is 1. The number of halogens is 1. The molecule has 4 atom stereocenters. The van der Waals surface area contributed by atoms with Gasteiger partial charge in [0.25, 0.3) is 0 Å². The lowest BCUT2D eigenvalue weighted by Gasteiger charge is -2.36. The smallest absolute Gasteiger partial charge is 0.148 e. The molecular weight excluding hydrogens is 428 g/mol. The summed E-state index contributed by atoms with van der Waals surface area (Å²) in [7, 11) is 1.69. The van der Waals surface area contributed by atoms with Crippen LogP contribution in [0, 0.1) is 5.92 Å². The molecule has 5 rings (SSSR count). The van der Waals surface area contributed by atoms with Crippen molar-refractivity contribution in [2.24, 2.45) is 11.7 Å². The van der Waals surface area contributed by atoms with Gasteiger partial charge in [0.1, 0.15) is 17.1 Å². The summed E-state index contributed by atoms with van der Waals surface area (Å²) in [6.45, 7) is 0.598. The molecule has 0 saturated heterocycles. The number of aromatic nitrogens is 1. The Morgan fingerprint density at radius 3 is 2.59 bits per heavy atom. The zero-order chi connectivity index (χ0) is 20.0. The lowest BCUT2D eigenvalue weighted by Crippen LogP contribution is -2.38. The summed E-state index contributed by atoms with van der Waals surface area (Å²) in [5, 5.41) is 0. The van der Waals surface area contributed by atoms with Crippen molar-refractivity contribution in [2.45, 2.75) is 23.9 Å². The maximum atomic E-state index is 6.87. The van der Waals surface area contributed by atoms with Crippen molar-refractivity contribution in [1.82, 2.24) is 4.98 Å². The Hall–Kier alpha value is -2.37. The molecule has 1 saturated carbocycles. The summed E-state index contributed by atoms with van der Waals surface area (Å²) < 4.78 is 13.6. The first kappa shape index (κ1) is 18.6. The van der Waals surface area contributed by atoms with Crippen LogP contribution in [0.2, 0.25) is 0 Å². The number of rotatable bonds is 4. The van der Waals surface area contributed by atoms with Crippen molar-refractivity contribution in [1.29, 1.82) is 0 Å². The second-order valence-corrected chi connectivity index (χ2v) is 8.74. The van der Waals surface area contributed by atoms with Gasteiger partial charge in [-0.25, -0.2) is 0 Å². The maximum absolute atomic E-state index is 6.87. The molecule has 1 aliphatic carbocycles. The molecule has 29 heavy (non-hydrogen) atoms. The standard InChI is InChI=1S/C24H23BrN2O2/c1-28-20-13-27-14-21-22(20)23-16(12-26)11-19(15-5-3-2-4-6-15)24(23,29-21)17-7-9-18(25)10-8-17/h2-10,13-14,16,19,23H,11-12,26H2,1H3. The van der Waals surface area contributed by atoms with Crippen LogP contribution < -0.4 is 15.2 Å². The maximum Gasteiger partial charge on any atom is 0.148 e. The van der Waals surface area contributed by atoms with E-state index in [0.717, 1.165) is 33.5 Å². The summed E-state index contributed by atoms with van der Waals surface area (Å²) in [4.78, 5) is 4.35. The van der Waals surface area contributed by atoms with E-state index in [2.05, 4.69) is 75.5 Å². The van der Waals surface area contributed by atoms with Crippen LogP contribution in [0.1, 0.15) is 34.9 Å². The number of nitrogens with two attached hydrogens (primary N) is 1. The van der Waals surface area contributed by atoms with E-state index in [0.29, 0.717) is 6.54 Å². The first-order valence-electron chi connectivity index (χ1n) is 9.91. The summed E-state index contributed by atoms with van der Waals surface area (Å²) in [5.41, 5.74) is 9.31. The van der Waals surface area contributed by atoms with Crippen LogP contribution in [-0.4, -0.2) is 18.6 Å². The number of benzene rings is 2. The lowest BCUT2D eigenvalue weighted by molar-refractivity contribution is 0.0599. The fourth-order valence-corrected chi connectivity index (χ4v) is 5.65. The van der Waals surface area contributed by atoms with Gasteiger partial charge in [0.2, 0.25) is 0 Å². The van der Waals surface area contributed by atoms with Crippen molar-refractivity contribution in [3.63, 3.8) is 0 Å². The normalized spacial score (nSPS) is 27.2. The average molecular weight is 451 g/mol. The van der Waals surface area contributed by atoms with Gasteiger partial charge in [-0.2, -0.15) is 0 Å². The molecule has 1 aromatic heterocycles. The van der Waals surface area contributed by atoms with E-state index in [-0.39, 0.29) is 17.8 Å². The monoisotopic (exact) mass is 450 g/mol. The lowest BCUT2D eigenvalue weighted by atomic mass is 9.73. The topological polar surface area (TPSA) is 57.4 Å². The van der Waals surface area contributed by atoms with E-state index in [1.165, 1.54) is 5.56 Å². The van der Waals surface area contributed by atoms with Gasteiger partial charge in [-0.1, -0.05) is 58.4 Å². The minimum absolute atomic E-state index is 0.104. The third-order valence-electron chi connectivity index (χ3n) is 6.51. The molecule has 2 aromatic carbocycles. The number of hydrogen-bond acceptors (Lipinski definition) is 4. The summed E-state index contributed by atoms with van der Waals surface area (Å²) in [6, 6.07) is 19.1. The molecule has 3 aromatic rings. The minimum atomic E-state index is -0.537. The first-order valence-corrected chi connectivity index (χ1v) is 10.7. The highest BCUT2D eigenvalue weighted by Crippen LogP contribution is 2.67. The van der Waals surface area contributed by atoms with Gasteiger partial charge in [0.05, 0.1) is 19.5 Å². The molecule has 2 aliphatic rings. The molecule has 2 heterocycles. The summed E-state index contributed by atoms with van der Waals surface area (Å²) in [6.07, 6.45) is 4.56. The van der Waals surface area contributed by atoms with E-state index in [1.54, 1.807) is 13.3 Å². The largest absolute Gasteiger partial charge is 0.495 e. The highest BCUT2D eigenvalue weighted by Gasteiger charge is 2.63. The van der Waals surface area contributed by atoms with E-state index in [9.17, 15) is 0 Å². The third kappa shape index (κ3) is 2.71. The molecule has 148 valence electrons. The Labute approximate surface area is 179 Å². The van der Waals surface area contributed by atoms with Crippen LogP contribution in [-0.2, 0) is 5.60 Å². The average Bonchev–Trinajstić information content (AvgIpc) is 3.27. The zero-order valence-electron chi connectivity index (χ0n) is 16.2. The van der Waals surface area contributed by atoms with Gasteiger partial charge >= 0.3 is 0 Å². The van der Waals surface area contributed by atoms with Crippen molar-refractivity contribution < 1.29 is 9.47 Å². The molecule has 2 N–H and O–H groups in total. The third-order valence-corrected chi connectivity index (χ3v) is 7.04. The minimum Gasteiger partial charge on any atom is -0.495 e. The van der Waals surface area contributed by atoms with Gasteiger partial charge < -0.3 is 15.2 Å². The van der Waals surface area contributed by atoms with E-state index < -0.39 is 5.60 Å². The Morgan fingerprint density at radius 2 is 1.90 bits per heavy atom. The summed E-state index contributed by atoms with van der Waals surface area (Å²) >= 11 is 3.57. The highest BCUT2D eigenvalue weighted by molar-refractivity contribution is 9.10. The second-order valence-electron chi connectivity index (χ2n) is 7.83. The molecule has 5 heteroatoms. The number of ether oxygens (including phenoxy) is 2. The van der Waals surface area contributed by atoms with Gasteiger partial charge in [-0.05, 0) is 42.1 Å². The number of nitrogens with zero attached hydrogens (tertiary/aromatic N) is 1. The van der Waals surface area contributed by atoms with Crippen LogP contribution in [0.15, 0.2) is 71.5 Å². The van der Waals surface area contributed by atoms with Crippen LogP contribution in [0.4, 0.5) is 0 Å².